The number of methoxy groups -OCH3 is 1. The van der Waals surface area contributed by atoms with E-state index < -0.39 is 0 Å². The molecule has 0 spiro atoms. The molecule has 0 bridgehead atoms. The predicted molar refractivity (Wildman–Crippen MR) is 54.4 cm³/mol. The minimum Gasteiger partial charge on any atom is -0.495 e. The Labute approximate surface area is 74.6 Å². The van der Waals surface area contributed by atoms with Crippen molar-refractivity contribution < 1.29 is 4.74 Å². The molecule has 0 aliphatic carbocycles. The summed E-state index contributed by atoms with van der Waals surface area (Å²) >= 11 is 0. The average Bonchev–Trinajstić information content (AvgIpc) is 2.16. The van der Waals surface area contributed by atoms with E-state index in [4.69, 9.17) is 11.2 Å². The van der Waals surface area contributed by atoms with Crippen LogP contribution in [0.5, 0.6) is 5.75 Å². The molecule has 0 saturated heterocycles. The minimum absolute atomic E-state index is 0.731. The summed E-state index contributed by atoms with van der Waals surface area (Å²) in [6.07, 6.45) is 5.29. The van der Waals surface area contributed by atoms with Crippen LogP contribution in [0.4, 0.5) is 0 Å². The summed E-state index contributed by atoms with van der Waals surface area (Å²) in [5, 5.41) is 0. The van der Waals surface area contributed by atoms with Crippen molar-refractivity contribution in [2.75, 3.05) is 7.11 Å². The quantitative estimate of drug-likeness (QED) is 0.494. The Balaban J connectivity index is 3.21. The number of benzene rings is 1. The Morgan fingerprint density at radius 2 is 2.33 bits per heavy atom. The Bertz CT molecular complexity index is 336. The fourth-order valence-electron chi connectivity index (χ4n) is 0.928. The van der Waals surface area contributed by atoms with Crippen molar-refractivity contribution in [3.8, 4) is 18.1 Å². The van der Waals surface area contributed by atoms with Crippen LogP contribution < -0.4 is 4.74 Å². The summed E-state index contributed by atoms with van der Waals surface area (Å²) in [6.45, 7) is 0. The molecule has 0 N–H and O–H groups in total. The van der Waals surface area contributed by atoms with E-state index in [2.05, 4.69) is 14.8 Å². The van der Waals surface area contributed by atoms with E-state index in [1.165, 1.54) is 0 Å². The van der Waals surface area contributed by atoms with Gasteiger partial charge in [0.2, 0.25) is 0 Å². The highest BCUT2D eigenvalue weighted by atomic mass is 31.0. The van der Waals surface area contributed by atoms with E-state index in [-0.39, 0.29) is 0 Å². The van der Waals surface area contributed by atoms with Crippen LogP contribution in [0.3, 0.4) is 0 Å². The van der Waals surface area contributed by atoms with Gasteiger partial charge in [-0.05, 0) is 23.5 Å². The lowest BCUT2D eigenvalue weighted by molar-refractivity contribution is 0.413. The van der Waals surface area contributed by atoms with Crippen molar-refractivity contribution in [1.29, 1.82) is 0 Å². The van der Waals surface area contributed by atoms with E-state index in [9.17, 15) is 0 Å². The van der Waals surface area contributed by atoms with Crippen LogP contribution >= 0.6 is 8.86 Å². The van der Waals surface area contributed by atoms with Crippen LogP contribution in [0.2, 0.25) is 0 Å². The standard InChI is InChI=1S/C10H9OP/c1-3-9-6-8(7-12)4-5-10(9)11-2/h1,4-7,12H,2H3. The molecule has 60 valence electrons. The van der Waals surface area contributed by atoms with Gasteiger partial charge in [-0.25, -0.2) is 0 Å². The van der Waals surface area contributed by atoms with Gasteiger partial charge in [-0.3, -0.25) is 0 Å². The maximum Gasteiger partial charge on any atom is 0.134 e. The largest absolute Gasteiger partial charge is 0.495 e. The summed E-state index contributed by atoms with van der Waals surface area (Å²) in [7, 11) is 4.88. The second-order valence-electron chi connectivity index (χ2n) is 2.25. The van der Waals surface area contributed by atoms with Gasteiger partial charge in [0.15, 0.2) is 0 Å². The summed E-state index contributed by atoms with van der Waals surface area (Å²) in [6, 6.07) is 5.65. The predicted octanol–water partition coefficient (Wildman–Crippen LogP) is 1.97. The lowest BCUT2D eigenvalue weighted by Crippen LogP contribution is -1.89. The first kappa shape index (κ1) is 8.84. The number of hydrogen-bond donors (Lipinski definition) is 0. The first-order valence-corrected chi connectivity index (χ1v) is 4.04. The van der Waals surface area contributed by atoms with E-state index in [1.807, 2.05) is 18.2 Å². The molecule has 0 heterocycles. The minimum atomic E-state index is 0.731. The molecular formula is C10H9OP. The van der Waals surface area contributed by atoms with Crippen LogP contribution in [0.25, 0.3) is 0 Å². The molecule has 0 atom stereocenters. The fraction of sp³-hybridized carbons (Fsp3) is 0.100. The lowest BCUT2D eigenvalue weighted by Gasteiger charge is -2.03. The van der Waals surface area contributed by atoms with Gasteiger partial charge in [-0.2, -0.15) is 0 Å². The van der Waals surface area contributed by atoms with Crippen LogP contribution in [-0.2, 0) is 0 Å². The molecule has 1 aromatic carbocycles. The van der Waals surface area contributed by atoms with Gasteiger partial charge in [0, 0.05) is 0 Å². The SMILES string of the molecule is C#Cc1cc(C=P)ccc1OC. The number of hydrogen-bond acceptors (Lipinski definition) is 1. The number of rotatable bonds is 2. The molecule has 1 nitrogen and oxygen atoms in total. The normalized spacial score (nSPS) is 8.67. The summed E-state index contributed by atoms with van der Waals surface area (Å²) in [5.41, 5.74) is 1.80. The Kier molecular flexibility index (Phi) is 2.91. The van der Waals surface area contributed by atoms with Gasteiger partial charge >= 0.3 is 0 Å². The highest BCUT2D eigenvalue weighted by molar-refractivity contribution is 7.19. The first-order chi connectivity index (χ1) is 5.81. The topological polar surface area (TPSA) is 9.23 Å². The van der Waals surface area contributed by atoms with Gasteiger partial charge in [-0.1, -0.05) is 12.0 Å². The second-order valence-corrected chi connectivity index (χ2v) is 2.54. The van der Waals surface area contributed by atoms with Crippen molar-refractivity contribution in [2.45, 2.75) is 0 Å². The highest BCUT2D eigenvalue weighted by Gasteiger charge is 1.98. The number of ether oxygens (including phenoxy) is 1. The molecule has 0 saturated carbocycles. The Morgan fingerprint density at radius 1 is 1.58 bits per heavy atom. The van der Waals surface area contributed by atoms with Gasteiger partial charge in [0.1, 0.15) is 5.75 Å². The smallest absolute Gasteiger partial charge is 0.134 e. The molecular weight excluding hydrogens is 167 g/mol. The first-order valence-electron chi connectivity index (χ1n) is 3.47. The van der Waals surface area contributed by atoms with Crippen LogP contribution in [0.1, 0.15) is 11.1 Å². The van der Waals surface area contributed by atoms with E-state index >= 15 is 0 Å². The summed E-state index contributed by atoms with van der Waals surface area (Å²) in [5.74, 6) is 5.09. The van der Waals surface area contributed by atoms with Gasteiger partial charge in [-0.15, -0.1) is 15.3 Å². The van der Waals surface area contributed by atoms with Crippen molar-refractivity contribution in [3.05, 3.63) is 29.3 Å². The van der Waals surface area contributed by atoms with Crippen LogP contribution in [0, 0.1) is 12.3 Å². The molecule has 1 aromatic rings. The molecule has 12 heavy (non-hydrogen) atoms. The molecule has 0 amide bonds. The van der Waals surface area contributed by atoms with Crippen molar-refractivity contribution >= 4 is 14.7 Å². The lowest BCUT2D eigenvalue weighted by atomic mass is 10.1. The maximum absolute atomic E-state index is 5.29. The fourth-order valence-corrected chi connectivity index (χ4v) is 1.11. The molecule has 0 aromatic heterocycles. The highest BCUT2D eigenvalue weighted by Crippen LogP contribution is 2.17. The monoisotopic (exact) mass is 176 g/mol. The van der Waals surface area contributed by atoms with Crippen molar-refractivity contribution in [1.82, 2.24) is 0 Å². The second kappa shape index (κ2) is 3.95. The zero-order chi connectivity index (χ0) is 8.97. The third kappa shape index (κ3) is 1.67. The van der Waals surface area contributed by atoms with Crippen molar-refractivity contribution in [3.63, 3.8) is 0 Å². The van der Waals surface area contributed by atoms with Gasteiger partial charge < -0.3 is 4.74 Å². The van der Waals surface area contributed by atoms with Crippen LogP contribution in [-0.4, -0.2) is 12.9 Å². The number of terminal acetylenes is 1. The summed E-state index contributed by atoms with van der Waals surface area (Å²) < 4.78 is 5.06. The molecule has 0 radical (unpaired) electrons. The zero-order valence-corrected chi connectivity index (χ0v) is 7.79. The summed E-state index contributed by atoms with van der Waals surface area (Å²) in [4.78, 5) is 0. The van der Waals surface area contributed by atoms with Crippen LogP contribution in [0.15, 0.2) is 18.2 Å². The maximum atomic E-state index is 5.29. The molecule has 0 unspecified atom stereocenters. The zero-order valence-electron chi connectivity index (χ0n) is 6.79. The molecule has 0 fully saturated rings. The third-order valence-corrected chi connectivity index (χ3v) is 1.88. The Morgan fingerprint density at radius 3 is 2.83 bits per heavy atom. The van der Waals surface area contributed by atoms with Gasteiger partial charge in [0.05, 0.1) is 12.7 Å². The van der Waals surface area contributed by atoms with E-state index in [1.54, 1.807) is 12.9 Å². The molecule has 0 aliphatic heterocycles. The average molecular weight is 176 g/mol. The molecule has 2 heteroatoms. The van der Waals surface area contributed by atoms with Crippen molar-refractivity contribution in [2.24, 2.45) is 0 Å². The third-order valence-electron chi connectivity index (χ3n) is 1.55. The Hall–Kier alpha value is -1.25. The van der Waals surface area contributed by atoms with E-state index in [0.717, 1.165) is 16.9 Å². The molecule has 0 aliphatic rings. The molecule has 1 rings (SSSR count). The van der Waals surface area contributed by atoms with Gasteiger partial charge in [0.25, 0.3) is 0 Å². The van der Waals surface area contributed by atoms with E-state index in [0.29, 0.717) is 0 Å².